The number of anilines is 1. The van der Waals surface area contributed by atoms with E-state index in [9.17, 15) is 9.59 Å². The monoisotopic (exact) mass is 504 g/mol. The molecule has 0 unspecified atom stereocenters. The van der Waals surface area contributed by atoms with Crippen LogP contribution >= 0.6 is 23.1 Å². The summed E-state index contributed by atoms with van der Waals surface area (Å²) in [6.07, 6.45) is 1.89. The van der Waals surface area contributed by atoms with E-state index in [1.807, 2.05) is 66.7 Å². The van der Waals surface area contributed by atoms with Gasteiger partial charge in [0.05, 0.1) is 13.2 Å². The van der Waals surface area contributed by atoms with Gasteiger partial charge in [-0.2, -0.15) is 0 Å². The minimum Gasteiger partial charge on any atom is -0.462 e. The Morgan fingerprint density at radius 2 is 1.49 bits per heavy atom. The molecule has 0 radical (unpaired) electrons. The van der Waals surface area contributed by atoms with Gasteiger partial charge in [-0.25, -0.2) is 9.59 Å². The van der Waals surface area contributed by atoms with Crippen LogP contribution in [0.25, 0.3) is 22.8 Å². The van der Waals surface area contributed by atoms with E-state index in [1.165, 1.54) is 23.1 Å². The third-order valence-electron chi connectivity index (χ3n) is 5.24. The summed E-state index contributed by atoms with van der Waals surface area (Å²) in [5, 5.41) is 9.01. The lowest BCUT2D eigenvalue weighted by Crippen LogP contribution is -2.12. The molecule has 0 fully saturated rings. The topological polar surface area (TPSA) is 102 Å². The Bertz CT molecular complexity index is 1340. The largest absolute Gasteiger partial charge is 0.462 e. The third-order valence-corrected chi connectivity index (χ3v) is 7.16. The number of nitrogen functional groups attached to an aromatic ring is 1. The first-order chi connectivity index (χ1) is 17.0. The number of allylic oxidation sites excluding steroid dienone is 1. The van der Waals surface area contributed by atoms with Crippen LogP contribution in [0.15, 0.2) is 71.1 Å². The zero-order valence-electron chi connectivity index (χ0n) is 19.3. The van der Waals surface area contributed by atoms with Crippen LogP contribution in [0.1, 0.15) is 34.6 Å². The normalized spacial score (nSPS) is 14.5. The number of carbonyl (C=O) groups is 2. The second-order valence-electron chi connectivity index (χ2n) is 7.44. The van der Waals surface area contributed by atoms with Crippen LogP contribution in [-0.2, 0) is 14.3 Å². The first-order valence-corrected chi connectivity index (χ1v) is 12.7. The van der Waals surface area contributed by atoms with Crippen molar-refractivity contribution in [3.63, 3.8) is 0 Å². The number of nitrogens with one attached hydrogen (secondary N) is 1. The molecule has 0 bridgehead atoms. The molecule has 35 heavy (non-hydrogen) atoms. The number of hydrogen-bond acceptors (Lipinski definition) is 8. The van der Waals surface area contributed by atoms with Crippen molar-refractivity contribution in [3.05, 3.63) is 87.1 Å². The summed E-state index contributed by atoms with van der Waals surface area (Å²) in [5.41, 5.74) is 9.80. The van der Waals surface area contributed by atoms with Gasteiger partial charge >= 0.3 is 11.9 Å². The Kier molecular flexibility index (Phi) is 7.53. The van der Waals surface area contributed by atoms with E-state index < -0.39 is 11.9 Å². The number of thiophene rings is 1. The second kappa shape index (κ2) is 10.8. The van der Waals surface area contributed by atoms with Crippen molar-refractivity contribution in [2.45, 2.75) is 13.8 Å². The number of hydrogen-bond donors (Lipinski definition) is 2. The predicted octanol–water partition coefficient (Wildman–Crippen LogP) is 6.26. The molecule has 178 valence electrons. The quantitative estimate of drug-likeness (QED) is 0.368. The Labute approximate surface area is 212 Å². The minimum absolute atomic E-state index is 0.116. The molecule has 0 spiro atoms. The summed E-state index contributed by atoms with van der Waals surface area (Å²) in [6, 6.07) is 19.0. The lowest BCUT2D eigenvalue weighted by atomic mass is 9.97. The van der Waals surface area contributed by atoms with Crippen LogP contribution in [0.2, 0.25) is 0 Å². The number of benzene rings is 2. The van der Waals surface area contributed by atoms with Crippen molar-refractivity contribution >= 4 is 56.7 Å². The van der Waals surface area contributed by atoms with Gasteiger partial charge in [0.2, 0.25) is 0 Å². The number of esters is 2. The van der Waals surface area contributed by atoms with Gasteiger partial charge in [0, 0.05) is 20.9 Å². The number of ether oxygens (including phenoxy) is 2. The predicted molar refractivity (Wildman–Crippen MR) is 143 cm³/mol. The summed E-state index contributed by atoms with van der Waals surface area (Å²) in [6.45, 7) is 3.93. The molecule has 2 aromatic carbocycles. The Morgan fingerprint density at radius 1 is 0.914 bits per heavy atom. The third kappa shape index (κ3) is 4.94. The lowest BCUT2D eigenvalue weighted by Gasteiger charge is -2.09. The number of rotatable bonds is 7. The van der Waals surface area contributed by atoms with Gasteiger partial charge in [-0.1, -0.05) is 72.4 Å². The zero-order chi connectivity index (χ0) is 24.9. The Hall–Kier alpha value is -3.62. The van der Waals surface area contributed by atoms with E-state index >= 15 is 0 Å². The van der Waals surface area contributed by atoms with Gasteiger partial charge in [0.25, 0.3) is 0 Å². The van der Waals surface area contributed by atoms with Gasteiger partial charge in [0.1, 0.15) is 21.2 Å². The molecule has 4 rings (SSSR count). The first-order valence-electron chi connectivity index (χ1n) is 11.1. The fourth-order valence-electron chi connectivity index (χ4n) is 3.82. The maximum Gasteiger partial charge on any atom is 0.341 e. The maximum absolute atomic E-state index is 12.8. The Morgan fingerprint density at radius 3 is 2.09 bits per heavy atom. The summed E-state index contributed by atoms with van der Waals surface area (Å²) in [5.74, 6) is -1.02. The second-order valence-corrected chi connectivity index (χ2v) is 9.58. The number of thioether (sulfide) groups is 1. The highest BCUT2D eigenvalue weighted by molar-refractivity contribution is 8.18. The minimum atomic E-state index is -0.534. The first kappa shape index (κ1) is 24.5. The fraction of sp³-hybridized carbons (Fsp3) is 0.148. The van der Waals surface area contributed by atoms with Crippen LogP contribution in [0.4, 0.5) is 5.00 Å². The maximum atomic E-state index is 12.8. The van der Waals surface area contributed by atoms with E-state index in [1.54, 1.807) is 13.8 Å². The molecular weight excluding hydrogens is 480 g/mol. The summed E-state index contributed by atoms with van der Waals surface area (Å²) < 4.78 is 10.6. The highest BCUT2D eigenvalue weighted by Gasteiger charge is 2.33. The van der Waals surface area contributed by atoms with Crippen LogP contribution in [-0.4, -0.2) is 30.2 Å². The fourth-order valence-corrected chi connectivity index (χ4v) is 5.93. The van der Waals surface area contributed by atoms with Crippen molar-refractivity contribution < 1.29 is 19.1 Å². The molecule has 3 aromatic rings. The highest BCUT2D eigenvalue weighted by Crippen LogP contribution is 2.48. The molecular formula is C27H24N2O4S2. The van der Waals surface area contributed by atoms with Gasteiger partial charge in [0.15, 0.2) is 0 Å². The molecule has 3 N–H and O–H groups in total. The highest BCUT2D eigenvalue weighted by atomic mass is 32.2. The molecule has 0 saturated heterocycles. The molecule has 0 saturated carbocycles. The van der Waals surface area contributed by atoms with E-state index in [-0.39, 0.29) is 23.8 Å². The van der Waals surface area contributed by atoms with Gasteiger partial charge in [-0.05, 0) is 31.1 Å². The summed E-state index contributed by atoms with van der Waals surface area (Å²) in [4.78, 5) is 27.1. The van der Waals surface area contributed by atoms with E-state index in [2.05, 4.69) is 0 Å². The van der Waals surface area contributed by atoms with Crippen molar-refractivity contribution in [2.75, 3.05) is 18.9 Å². The van der Waals surface area contributed by atoms with Gasteiger partial charge in [-0.15, -0.1) is 11.3 Å². The SMILES string of the molecule is CCOC(=O)C1=C(c2ccccc2)/C(=C/c2sc(N)c(C(=O)OCC)c2-c2ccccc2)SC1=N. The van der Waals surface area contributed by atoms with Gasteiger partial charge < -0.3 is 15.2 Å². The molecule has 1 aliphatic heterocycles. The van der Waals surface area contributed by atoms with Crippen molar-refractivity contribution in [3.8, 4) is 11.1 Å². The van der Waals surface area contributed by atoms with Crippen molar-refractivity contribution in [2.24, 2.45) is 0 Å². The molecule has 0 aliphatic carbocycles. The van der Waals surface area contributed by atoms with Crippen LogP contribution in [0, 0.1) is 5.41 Å². The molecule has 2 heterocycles. The zero-order valence-corrected chi connectivity index (χ0v) is 20.9. The molecule has 0 amide bonds. The van der Waals surface area contributed by atoms with Crippen molar-refractivity contribution in [1.29, 1.82) is 5.41 Å². The average Bonchev–Trinajstić information content (AvgIpc) is 3.36. The lowest BCUT2D eigenvalue weighted by molar-refractivity contribution is -0.137. The molecule has 0 atom stereocenters. The Balaban J connectivity index is 1.95. The van der Waals surface area contributed by atoms with Gasteiger partial charge in [-0.3, -0.25) is 5.41 Å². The molecule has 1 aromatic heterocycles. The molecule has 6 nitrogen and oxygen atoms in total. The number of carbonyl (C=O) groups excluding carboxylic acids is 2. The number of nitrogens with two attached hydrogens (primary N) is 1. The van der Waals surface area contributed by atoms with Crippen LogP contribution in [0.3, 0.4) is 0 Å². The van der Waals surface area contributed by atoms with E-state index in [0.29, 0.717) is 26.6 Å². The molecule has 8 heteroatoms. The van der Waals surface area contributed by atoms with Crippen LogP contribution < -0.4 is 5.73 Å². The summed E-state index contributed by atoms with van der Waals surface area (Å²) in [7, 11) is 0. The smallest absolute Gasteiger partial charge is 0.341 e. The summed E-state index contributed by atoms with van der Waals surface area (Å²) >= 11 is 2.46. The van der Waals surface area contributed by atoms with Crippen LogP contribution in [0.5, 0.6) is 0 Å². The van der Waals surface area contributed by atoms with E-state index in [4.69, 9.17) is 20.6 Å². The average molecular weight is 505 g/mol. The molecule has 1 aliphatic rings. The van der Waals surface area contributed by atoms with Crippen molar-refractivity contribution in [1.82, 2.24) is 0 Å². The van der Waals surface area contributed by atoms with E-state index in [0.717, 1.165) is 16.0 Å². The standard InChI is InChI=1S/C27H24N2O4S2/c1-3-32-26(30)22-20(16-11-7-5-8-12-16)18(34-24(22)28)15-19-21(17-13-9-6-10-14-17)23(25(29)35-19)27(31)33-4-2/h5-15,28H,3-4,29H2,1-2H3/b18-15-,28-24?.